The fourth-order valence-corrected chi connectivity index (χ4v) is 3.36. The van der Waals surface area contributed by atoms with Crippen molar-refractivity contribution in [2.45, 2.75) is 12.3 Å². The number of rotatable bonds is 3. The van der Waals surface area contributed by atoms with E-state index in [1.54, 1.807) is 0 Å². The van der Waals surface area contributed by atoms with Crippen LogP contribution in [0, 0.1) is 11.8 Å². The molecule has 0 saturated carbocycles. The largest absolute Gasteiger partial charge is 0.381 e. The maximum Gasteiger partial charge on any atom is 0.228 e. The third kappa shape index (κ3) is 3.39. The molecule has 1 aromatic carbocycles. The van der Waals surface area contributed by atoms with Gasteiger partial charge in [-0.1, -0.05) is 30.3 Å². The molecular weight excluding hydrogens is 288 g/mol. The molecule has 2 fully saturated rings. The SMILES string of the molecule is Cl.NC[C@@H]1CN(C(=O)C2CCOC2)C[C@H]1c1ccccc1. The number of amides is 1. The zero-order chi connectivity index (χ0) is 13.9. The van der Waals surface area contributed by atoms with Gasteiger partial charge in [0.1, 0.15) is 0 Å². The standard InChI is InChI=1S/C16H22N2O2.ClH/c17-8-14-9-18(16(19)13-6-7-20-11-13)10-15(14)12-4-2-1-3-5-12;/h1-5,13-15H,6-11,17H2;1H/t13?,14-,15+;/m1./s1. The average molecular weight is 311 g/mol. The Morgan fingerprint density at radius 2 is 2.05 bits per heavy atom. The summed E-state index contributed by atoms with van der Waals surface area (Å²) in [6.45, 7) is 3.50. The predicted octanol–water partition coefficient (Wildman–Crippen LogP) is 1.65. The molecule has 3 atom stereocenters. The second-order valence-corrected chi connectivity index (χ2v) is 5.82. The summed E-state index contributed by atoms with van der Waals surface area (Å²) in [4.78, 5) is 14.5. The van der Waals surface area contributed by atoms with Gasteiger partial charge in [0, 0.05) is 25.6 Å². The summed E-state index contributed by atoms with van der Waals surface area (Å²) >= 11 is 0. The molecule has 1 aromatic rings. The Morgan fingerprint density at radius 1 is 1.29 bits per heavy atom. The molecule has 2 aliphatic rings. The molecule has 2 saturated heterocycles. The highest BCUT2D eigenvalue weighted by Crippen LogP contribution is 2.33. The van der Waals surface area contributed by atoms with Gasteiger partial charge in [-0.3, -0.25) is 4.79 Å². The summed E-state index contributed by atoms with van der Waals surface area (Å²) in [5.74, 6) is 1.04. The topological polar surface area (TPSA) is 55.6 Å². The van der Waals surface area contributed by atoms with E-state index in [1.165, 1.54) is 5.56 Å². The van der Waals surface area contributed by atoms with E-state index < -0.39 is 0 Å². The maximum atomic E-state index is 12.5. The molecule has 0 spiro atoms. The van der Waals surface area contributed by atoms with Gasteiger partial charge >= 0.3 is 0 Å². The minimum Gasteiger partial charge on any atom is -0.381 e. The van der Waals surface area contributed by atoms with Crippen molar-refractivity contribution < 1.29 is 9.53 Å². The molecule has 0 bridgehead atoms. The van der Waals surface area contributed by atoms with E-state index in [9.17, 15) is 4.79 Å². The van der Waals surface area contributed by atoms with Crippen molar-refractivity contribution in [1.82, 2.24) is 4.90 Å². The molecule has 0 aliphatic carbocycles. The summed E-state index contributed by atoms with van der Waals surface area (Å²) < 4.78 is 5.33. The monoisotopic (exact) mass is 310 g/mol. The lowest BCUT2D eigenvalue weighted by molar-refractivity contribution is -0.134. The number of benzene rings is 1. The van der Waals surface area contributed by atoms with E-state index in [-0.39, 0.29) is 24.2 Å². The fraction of sp³-hybridized carbons (Fsp3) is 0.562. The third-order valence-electron chi connectivity index (χ3n) is 4.56. The molecule has 0 aromatic heterocycles. The number of nitrogens with zero attached hydrogens (tertiary/aromatic N) is 1. The number of carbonyl (C=O) groups is 1. The highest BCUT2D eigenvalue weighted by Gasteiger charge is 2.38. The van der Waals surface area contributed by atoms with Crippen LogP contribution in [0.25, 0.3) is 0 Å². The smallest absolute Gasteiger partial charge is 0.228 e. The van der Waals surface area contributed by atoms with Gasteiger partial charge in [-0.25, -0.2) is 0 Å². The highest BCUT2D eigenvalue weighted by atomic mass is 35.5. The van der Waals surface area contributed by atoms with Gasteiger partial charge in [-0.05, 0) is 24.4 Å². The van der Waals surface area contributed by atoms with E-state index in [4.69, 9.17) is 10.5 Å². The number of ether oxygens (including phenoxy) is 1. The first-order valence-corrected chi connectivity index (χ1v) is 7.41. The van der Waals surface area contributed by atoms with E-state index in [2.05, 4.69) is 24.3 Å². The highest BCUT2D eigenvalue weighted by molar-refractivity contribution is 5.85. The summed E-state index contributed by atoms with van der Waals surface area (Å²) in [5.41, 5.74) is 7.21. The van der Waals surface area contributed by atoms with Crippen LogP contribution in [0.15, 0.2) is 30.3 Å². The maximum absolute atomic E-state index is 12.5. The number of likely N-dealkylation sites (tertiary alicyclic amines) is 1. The van der Waals surface area contributed by atoms with Gasteiger partial charge < -0.3 is 15.4 Å². The number of hydrogen-bond acceptors (Lipinski definition) is 3. The first-order chi connectivity index (χ1) is 9.79. The number of hydrogen-bond donors (Lipinski definition) is 1. The van der Waals surface area contributed by atoms with Crippen molar-refractivity contribution in [1.29, 1.82) is 0 Å². The summed E-state index contributed by atoms with van der Waals surface area (Å²) in [6.07, 6.45) is 0.860. The number of halogens is 1. The molecule has 21 heavy (non-hydrogen) atoms. The van der Waals surface area contributed by atoms with Crippen molar-refractivity contribution in [3.63, 3.8) is 0 Å². The Labute approximate surface area is 132 Å². The average Bonchev–Trinajstić information content (AvgIpc) is 3.17. The van der Waals surface area contributed by atoms with Crippen molar-refractivity contribution in [2.75, 3.05) is 32.8 Å². The predicted molar refractivity (Wildman–Crippen MR) is 84.5 cm³/mol. The van der Waals surface area contributed by atoms with Crippen molar-refractivity contribution in [3.05, 3.63) is 35.9 Å². The molecule has 4 nitrogen and oxygen atoms in total. The molecule has 2 heterocycles. The lowest BCUT2D eigenvalue weighted by Gasteiger charge is -2.19. The zero-order valence-electron chi connectivity index (χ0n) is 12.1. The van der Waals surface area contributed by atoms with E-state index in [0.29, 0.717) is 31.6 Å². The minimum atomic E-state index is 0. The Hall–Kier alpha value is -1.10. The van der Waals surface area contributed by atoms with Crippen LogP contribution in [0.2, 0.25) is 0 Å². The molecule has 2 aliphatic heterocycles. The summed E-state index contributed by atoms with van der Waals surface area (Å²) in [7, 11) is 0. The van der Waals surface area contributed by atoms with Crippen molar-refractivity contribution in [2.24, 2.45) is 17.6 Å². The van der Waals surface area contributed by atoms with Gasteiger partial charge in [0.2, 0.25) is 5.91 Å². The number of carbonyl (C=O) groups excluding carboxylic acids is 1. The van der Waals surface area contributed by atoms with Crippen LogP contribution in [0.3, 0.4) is 0 Å². The lowest BCUT2D eigenvalue weighted by Crippen LogP contribution is -2.35. The third-order valence-corrected chi connectivity index (χ3v) is 4.56. The van der Waals surface area contributed by atoms with E-state index in [1.807, 2.05) is 11.0 Å². The van der Waals surface area contributed by atoms with Gasteiger partial charge in [0.25, 0.3) is 0 Å². The van der Waals surface area contributed by atoms with Gasteiger partial charge in [0.15, 0.2) is 0 Å². The lowest BCUT2D eigenvalue weighted by atomic mass is 9.89. The number of nitrogens with two attached hydrogens (primary N) is 1. The normalized spacial score (nSPS) is 28.4. The summed E-state index contributed by atoms with van der Waals surface area (Å²) in [5, 5.41) is 0. The van der Waals surface area contributed by atoms with E-state index in [0.717, 1.165) is 19.5 Å². The summed E-state index contributed by atoms with van der Waals surface area (Å²) in [6, 6.07) is 10.4. The molecule has 5 heteroatoms. The molecule has 1 unspecified atom stereocenters. The Bertz CT molecular complexity index is 463. The quantitative estimate of drug-likeness (QED) is 0.923. The van der Waals surface area contributed by atoms with Crippen LogP contribution >= 0.6 is 12.4 Å². The van der Waals surface area contributed by atoms with Crippen LogP contribution in [0.4, 0.5) is 0 Å². The zero-order valence-corrected chi connectivity index (χ0v) is 12.9. The molecule has 3 rings (SSSR count). The molecule has 116 valence electrons. The molecular formula is C16H23ClN2O2. The fourth-order valence-electron chi connectivity index (χ4n) is 3.36. The first kappa shape index (κ1) is 16.3. The Morgan fingerprint density at radius 3 is 2.67 bits per heavy atom. The van der Waals surface area contributed by atoms with Crippen LogP contribution in [-0.2, 0) is 9.53 Å². The Kier molecular flexibility index (Phi) is 5.62. The van der Waals surface area contributed by atoms with Crippen LogP contribution in [0.5, 0.6) is 0 Å². The van der Waals surface area contributed by atoms with E-state index >= 15 is 0 Å². The Balaban J connectivity index is 0.00000161. The second-order valence-electron chi connectivity index (χ2n) is 5.82. The van der Waals surface area contributed by atoms with Crippen LogP contribution < -0.4 is 5.73 Å². The van der Waals surface area contributed by atoms with Crippen LogP contribution in [0.1, 0.15) is 17.9 Å². The second kappa shape index (κ2) is 7.25. The molecule has 1 amide bonds. The van der Waals surface area contributed by atoms with Gasteiger partial charge in [-0.15, -0.1) is 12.4 Å². The van der Waals surface area contributed by atoms with Crippen molar-refractivity contribution in [3.8, 4) is 0 Å². The first-order valence-electron chi connectivity index (χ1n) is 7.41. The minimum absolute atomic E-state index is 0. The van der Waals surface area contributed by atoms with Gasteiger partial charge in [-0.2, -0.15) is 0 Å². The molecule has 2 N–H and O–H groups in total. The van der Waals surface area contributed by atoms with Crippen LogP contribution in [-0.4, -0.2) is 43.7 Å². The molecule has 0 radical (unpaired) electrons. The van der Waals surface area contributed by atoms with Gasteiger partial charge in [0.05, 0.1) is 12.5 Å². The van der Waals surface area contributed by atoms with Crippen molar-refractivity contribution >= 4 is 18.3 Å².